The van der Waals surface area contributed by atoms with Gasteiger partial charge >= 0.3 is 0 Å². The smallest absolute Gasteiger partial charge is 0.275 e. The average molecular weight is 433 g/mol. The van der Waals surface area contributed by atoms with Crippen LogP contribution in [0, 0.1) is 0 Å². The molecule has 0 atom stereocenters. The number of anilines is 2. The molecule has 0 unspecified atom stereocenters. The Labute approximate surface area is 189 Å². The highest BCUT2D eigenvalue weighted by Gasteiger charge is 2.36. The quantitative estimate of drug-likeness (QED) is 0.653. The fourth-order valence-corrected chi connectivity index (χ4v) is 4.51. The van der Waals surface area contributed by atoms with Crippen LogP contribution < -0.4 is 11.5 Å². The molecule has 3 heterocycles. The molecule has 1 saturated heterocycles. The van der Waals surface area contributed by atoms with Gasteiger partial charge in [0.15, 0.2) is 5.69 Å². The van der Waals surface area contributed by atoms with Crippen LogP contribution in [0.2, 0.25) is 0 Å². The number of carbonyl (C=O) groups excluding carboxylic acids is 1. The molecule has 1 aliphatic heterocycles. The minimum absolute atomic E-state index is 0.117. The molecule has 0 aliphatic carbocycles. The second-order valence-corrected chi connectivity index (χ2v) is 9.65. The van der Waals surface area contributed by atoms with Gasteiger partial charge in [-0.25, -0.2) is 4.98 Å². The van der Waals surface area contributed by atoms with Gasteiger partial charge in [0.1, 0.15) is 0 Å². The van der Waals surface area contributed by atoms with Crippen molar-refractivity contribution in [1.82, 2.24) is 19.8 Å². The Morgan fingerprint density at radius 2 is 1.78 bits per heavy atom. The van der Waals surface area contributed by atoms with E-state index in [-0.39, 0.29) is 17.5 Å². The molecule has 168 valence electrons. The van der Waals surface area contributed by atoms with Gasteiger partial charge in [-0.1, -0.05) is 6.07 Å². The molecule has 1 aliphatic rings. The summed E-state index contributed by atoms with van der Waals surface area (Å²) in [4.78, 5) is 27.2. The fraction of sp³-hybridized carbons (Fsp3) is 0.400. The zero-order valence-corrected chi connectivity index (χ0v) is 19.3. The number of piperidine rings is 1. The number of nitrogen functional groups attached to an aromatic ring is 2. The van der Waals surface area contributed by atoms with Crippen LogP contribution in [0.15, 0.2) is 42.6 Å². The van der Waals surface area contributed by atoms with E-state index in [1.54, 1.807) is 18.3 Å². The van der Waals surface area contributed by atoms with Crippen LogP contribution in [0.5, 0.6) is 0 Å². The molecule has 0 saturated carbocycles. The summed E-state index contributed by atoms with van der Waals surface area (Å²) in [5.74, 6) is -0.117. The molecule has 1 amide bonds. The largest absolute Gasteiger partial charge is 0.398 e. The number of hydrogen-bond donors (Lipinski definition) is 2. The maximum Gasteiger partial charge on any atom is 0.275 e. The second kappa shape index (κ2) is 8.39. The maximum atomic E-state index is 13.8. The lowest BCUT2D eigenvalue weighted by molar-refractivity contribution is 0.0304. The molecule has 7 nitrogen and oxygen atoms in total. The highest BCUT2D eigenvalue weighted by Crippen LogP contribution is 2.30. The van der Waals surface area contributed by atoms with Crippen molar-refractivity contribution in [2.45, 2.75) is 45.2 Å². The van der Waals surface area contributed by atoms with E-state index in [1.807, 2.05) is 29.2 Å². The van der Waals surface area contributed by atoms with Gasteiger partial charge in [-0.3, -0.25) is 9.78 Å². The second-order valence-electron chi connectivity index (χ2n) is 9.65. The van der Waals surface area contributed by atoms with Gasteiger partial charge in [0.2, 0.25) is 0 Å². The van der Waals surface area contributed by atoms with Crippen molar-refractivity contribution in [3.05, 3.63) is 48.3 Å². The molecular formula is C25H32N6O. The molecule has 3 aromatic rings. The first kappa shape index (κ1) is 22.0. The number of aromatic nitrogens is 2. The third-order valence-corrected chi connectivity index (χ3v) is 6.19. The molecule has 2 aromatic heterocycles. The number of benzene rings is 1. The van der Waals surface area contributed by atoms with E-state index in [0.717, 1.165) is 42.4 Å². The van der Waals surface area contributed by atoms with Gasteiger partial charge in [-0.2, -0.15) is 0 Å². The van der Waals surface area contributed by atoms with E-state index >= 15 is 0 Å². The highest BCUT2D eigenvalue weighted by atomic mass is 16.2. The fourth-order valence-electron chi connectivity index (χ4n) is 4.51. The summed E-state index contributed by atoms with van der Waals surface area (Å²) < 4.78 is 0. The van der Waals surface area contributed by atoms with Crippen LogP contribution in [0.1, 0.15) is 44.1 Å². The highest BCUT2D eigenvalue weighted by molar-refractivity contribution is 5.99. The first-order valence-corrected chi connectivity index (χ1v) is 11.1. The third kappa shape index (κ3) is 4.25. The zero-order valence-electron chi connectivity index (χ0n) is 19.3. The Kier molecular flexibility index (Phi) is 5.77. The molecule has 4 N–H and O–H groups in total. The number of likely N-dealkylation sites (tertiary alicyclic amines) is 1. The van der Waals surface area contributed by atoms with Crippen molar-refractivity contribution >= 4 is 28.2 Å². The maximum absolute atomic E-state index is 13.8. The summed E-state index contributed by atoms with van der Waals surface area (Å²) in [6.45, 7) is 8.16. The number of carbonyl (C=O) groups is 1. The Balaban J connectivity index is 1.73. The molecule has 1 aromatic carbocycles. The van der Waals surface area contributed by atoms with Crippen molar-refractivity contribution in [3.8, 4) is 11.3 Å². The number of rotatable bonds is 3. The SMILES string of the molecule is CN1CCC(N(C(=O)c2nc(-c3ccc4nccc(N)c4c3)ccc2N)C(C)(C)C)CC1. The summed E-state index contributed by atoms with van der Waals surface area (Å²) in [6, 6.07) is 11.4. The summed E-state index contributed by atoms with van der Waals surface area (Å²) in [5.41, 5.74) is 15.8. The molecule has 4 rings (SSSR count). The Morgan fingerprint density at radius 3 is 2.47 bits per heavy atom. The van der Waals surface area contributed by atoms with E-state index in [2.05, 4.69) is 37.7 Å². The van der Waals surface area contributed by atoms with E-state index in [9.17, 15) is 4.79 Å². The lowest BCUT2D eigenvalue weighted by Crippen LogP contribution is -2.55. The molecule has 0 radical (unpaired) electrons. The molecular weight excluding hydrogens is 400 g/mol. The van der Waals surface area contributed by atoms with Crippen LogP contribution in [0.3, 0.4) is 0 Å². The van der Waals surface area contributed by atoms with E-state index < -0.39 is 0 Å². The van der Waals surface area contributed by atoms with Crippen LogP contribution in [0.4, 0.5) is 11.4 Å². The van der Waals surface area contributed by atoms with Crippen LogP contribution in [0.25, 0.3) is 22.2 Å². The minimum Gasteiger partial charge on any atom is -0.398 e. The predicted molar refractivity (Wildman–Crippen MR) is 130 cm³/mol. The summed E-state index contributed by atoms with van der Waals surface area (Å²) in [7, 11) is 2.12. The number of nitrogens with two attached hydrogens (primary N) is 2. The molecule has 0 spiro atoms. The standard InChI is InChI=1S/C25H32N6O/c1-25(2,3)31(17-10-13-30(4)14-11-17)24(32)23-20(27)6-8-21(29-23)16-5-7-22-18(15-16)19(26)9-12-28-22/h5-9,12,15,17H,10-11,13-14,27H2,1-4H3,(H2,26,28). The van der Waals surface area contributed by atoms with E-state index in [4.69, 9.17) is 16.5 Å². The van der Waals surface area contributed by atoms with Crippen LogP contribution in [-0.2, 0) is 0 Å². The van der Waals surface area contributed by atoms with E-state index in [0.29, 0.717) is 22.8 Å². The zero-order chi connectivity index (χ0) is 23.0. The Bertz CT molecular complexity index is 1140. The van der Waals surface area contributed by atoms with Gasteiger partial charge < -0.3 is 21.3 Å². The van der Waals surface area contributed by atoms with Gasteiger partial charge in [0, 0.05) is 34.4 Å². The molecule has 1 fully saturated rings. The van der Waals surface area contributed by atoms with Gasteiger partial charge in [-0.15, -0.1) is 0 Å². The van der Waals surface area contributed by atoms with Gasteiger partial charge in [0.05, 0.1) is 16.9 Å². The Hall–Kier alpha value is -3.19. The monoisotopic (exact) mass is 432 g/mol. The van der Waals surface area contributed by atoms with Gasteiger partial charge in [0.25, 0.3) is 5.91 Å². The molecule has 32 heavy (non-hydrogen) atoms. The van der Waals surface area contributed by atoms with Crippen molar-refractivity contribution in [3.63, 3.8) is 0 Å². The van der Waals surface area contributed by atoms with Gasteiger partial charge in [-0.05, 0) is 84.1 Å². The summed E-state index contributed by atoms with van der Waals surface area (Å²) in [6.07, 6.45) is 3.58. The average Bonchev–Trinajstić information content (AvgIpc) is 2.75. The Morgan fingerprint density at radius 1 is 1.06 bits per heavy atom. The topological polar surface area (TPSA) is 101 Å². The summed E-state index contributed by atoms with van der Waals surface area (Å²) >= 11 is 0. The number of pyridine rings is 2. The van der Waals surface area contributed by atoms with Crippen molar-refractivity contribution in [2.75, 3.05) is 31.6 Å². The first-order valence-electron chi connectivity index (χ1n) is 11.1. The number of amides is 1. The van der Waals surface area contributed by atoms with Crippen molar-refractivity contribution in [2.24, 2.45) is 0 Å². The molecule has 7 heteroatoms. The first-order chi connectivity index (χ1) is 15.1. The summed E-state index contributed by atoms with van der Waals surface area (Å²) in [5, 5.41) is 0.860. The number of nitrogens with zero attached hydrogens (tertiary/aromatic N) is 4. The third-order valence-electron chi connectivity index (χ3n) is 6.19. The van der Waals surface area contributed by atoms with E-state index in [1.165, 1.54) is 0 Å². The predicted octanol–water partition coefficient (Wildman–Crippen LogP) is 3.80. The lowest BCUT2D eigenvalue weighted by Gasteiger charge is -2.44. The van der Waals surface area contributed by atoms with Crippen LogP contribution in [-0.4, -0.2) is 57.4 Å². The van der Waals surface area contributed by atoms with Crippen LogP contribution >= 0.6 is 0 Å². The van der Waals surface area contributed by atoms with Crippen molar-refractivity contribution in [1.29, 1.82) is 0 Å². The van der Waals surface area contributed by atoms with Crippen molar-refractivity contribution < 1.29 is 4.79 Å². The molecule has 0 bridgehead atoms. The number of hydrogen-bond acceptors (Lipinski definition) is 6. The number of fused-ring (bicyclic) bond motifs is 1. The normalized spacial score (nSPS) is 15.8. The lowest BCUT2D eigenvalue weighted by atomic mass is 9.95. The minimum atomic E-state index is -0.342.